The van der Waals surface area contributed by atoms with E-state index >= 15 is 0 Å². The molecule has 1 aromatic rings. The molecule has 0 saturated carbocycles. The van der Waals surface area contributed by atoms with E-state index in [1.807, 2.05) is 47.1 Å². The average molecular weight is 342 g/mol. The molecule has 5 nitrogen and oxygen atoms in total. The Morgan fingerprint density at radius 1 is 1.08 bits per heavy atom. The van der Waals surface area contributed by atoms with Gasteiger partial charge in [0.1, 0.15) is 0 Å². The van der Waals surface area contributed by atoms with Gasteiger partial charge in [0.05, 0.1) is 19.1 Å². The second-order valence-corrected chi connectivity index (χ2v) is 6.75. The van der Waals surface area contributed by atoms with Crippen molar-refractivity contribution in [3.8, 4) is 0 Å². The Labute approximate surface area is 149 Å². The molecule has 2 fully saturated rings. The number of hydrogen-bond donors (Lipinski definition) is 0. The van der Waals surface area contributed by atoms with Crippen LogP contribution in [0.15, 0.2) is 36.4 Å². The number of amides is 2. The van der Waals surface area contributed by atoms with Gasteiger partial charge in [-0.25, -0.2) is 0 Å². The summed E-state index contributed by atoms with van der Waals surface area (Å²) >= 11 is 0. The lowest BCUT2D eigenvalue weighted by Gasteiger charge is -2.36. The number of morpholine rings is 1. The molecule has 2 heterocycles. The second kappa shape index (κ2) is 8.30. The number of rotatable bonds is 3. The molecule has 2 amide bonds. The van der Waals surface area contributed by atoms with Crippen molar-refractivity contribution in [3.63, 3.8) is 0 Å². The number of likely N-dealkylation sites (tertiary alicyclic amines) is 1. The van der Waals surface area contributed by atoms with E-state index in [2.05, 4.69) is 0 Å². The minimum Gasteiger partial charge on any atom is -0.378 e. The topological polar surface area (TPSA) is 49.9 Å². The van der Waals surface area contributed by atoms with Crippen LogP contribution < -0.4 is 0 Å². The highest BCUT2D eigenvalue weighted by Gasteiger charge is 2.31. The van der Waals surface area contributed by atoms with E-state index in [4.69, 9.17) is 4.74 Å². The minimum absolute atomic E-state index is 0.000769. The van der Waals surface area contributed by atoms with Crippen LogP contribution in [0.1, 0.15) is 25.3 Å². The molecule has 0 radical (unpaired) electrons. The summed E-state index contributed by atoms with van der Waals surface area (Å²) in [7, 11) is 0. The van der Waals surface area contributed by atoms with E-state index in [0.717, 1.165) is 30.5 Å². The quantitative estimate of drug-likeness (QED) is 0.791. The summed E-state index contributed by atoms with van der Waals surface area (Å²) in [6.07, 6.45) is 3.43. The zero-order valence-corrected chi connectivity index (χ0v) is 14.8. The van der Waals surface area contributed by atoms with E-state index in [1.54, 1.807) is 6.08 Å². The van der Waals surface area contributed by atoms with Gasteiger partial charge in [-0.3, -0.25) is 9.59 Å². The van der Waals surface area contributed by atoms with Crippen molar-refractivity contribution in [3.05, 3.63) is 42.0 Å². The molecule has 1 aromatic carbocycles. The third-order valence-corrected chi connectivity index (χ3v) is 4.97. The van der Waals surface area contributed by atoms with Crippen molar-refractivity contribution in [1.29, 1.82) is 0 Å². The fourth-order valence-corrected chi connectivity index (χ4v) is 3.48. The zero-order chi connectivity index (χ0) is 17.6. The number of carbonyl (C=O) groups excluding carboxylic acids is 2. The van der Waals surface area contributed by atoms with Crippen LogP contribution in [0.5, 0.6) is 0 Å². The number of allylic oxidation sites excluding steroid dienone is 1. The van der Waals surface area contributed by atoms with Gasteiger partial charge in [-0.1, -0.05) is 30.3 Å². The van der Waals surface area contributed by atoms with Crippen molar-refractivity contribution in [2.75, 3.05) is 39.4 Å². The summed E-state index contributed by atoms with van der Waals surface area (Å²) < 4.78 is 5.32. The predicted octanol–water partition coefficient (Wildman–Crippen LogP) is 2.19. The highest BCUT2D eigenvalue weighted by atomic mass is 16.5. The number of ether oxygens (including phenoxy) is 1. The first kappa shape index (κ1) is 17.7. The average Bonchev–Trinajstić information content (AvgIpc) is 2.68. The Bertz CT molecular complexity index is 636. The smallest absolute Gasteiger partial charge is 0.246 e. The van der Waals surface area contributed by atoms with E-state index in [9.17, 15) is 9.59 Å². The minimum atomic E-state index is -0.0822. The lowest BCUT2D eigenvalue weighted by molar-refractivity contribution is -0.143. The maximum absolute atomic E-state index is 12.7. The predicted molar refractivity (Wildman–Crippen MR) is 96.8 cm³/mol. The monoisotopic (exact) mass is 342 g/mol. The summed E-state index contributed by atoms with van der Waals surface area (Å²) in [6, 6.07) is 9.90. The van der Waals surface area contributed by atoms with Crippen LogP contribution in [-0.2, 0) is 14.3 Å². The van der Waals surface area contributed by atoms with Gasteiger partial charge >= 0.3 is 0 Å². The van der Waals surface area contributed by atoms with Gasteiger partial charge in [-0.2, -0.15) is 0 Å². The second-order valence-electron chi connectivity index (χ2n) is 6.75. The molecule has 0 unspecified atom stereocenters. The third kappa shape index (κ3) is 4.48. The van der Waals surface area contributed by atoms with Crippen molar-refractivity contribution < 1.29 is 14.3 Å². The fraction of sp³-hybridized carbons (Fsp3) is 0.500. The van der Waals surface area contributed by atoms with Gasteiger partial charge in [0, 0.05) is 32.3 Å². The zero-order valence-electron chi connectivity index (χ0n) is 14.8. The van der Waals surface area contributed by atoms with Crippen LogP contribution >= 0.6 is 0 Å². The molecule has 25 heavy (non-hydrogen) atoms. The Hall–Kier alpha value is -2.14. The molecule has 5 heteroatoms. The highest BCUT2D eigenvalue weighted by molar-refractivity contribution is 5.95. The Morgan fingerprint density at radius 3 is 2.52 bits per heavy atom. The summed E-state index contributed by atoms with van der Waals surface area (Å²) in [5, 5.41) is 0. The number of piperidine rings is 1. The standard InChI is InChI=1S/C20H26N2O3/c1-16(17-6-3-2-4-7-17)14-19(23)22-9-5-8-18(15-22)20(24)21-10-12-25-13-11-21/h2-4,6-7,14,18H,5,8-13,15H2,1H3/b16-14+/t18-/m0/s1. The Morgan fingerprint density at radius 2 is 1.80 bits per heavy atom. The summed E-state index contributed by atoms with van der Waals surface area (Å²) in [5.74, 6) is 0.0895. The number of benzene rings is 1. The first-order chi connectivity index (χ1) is 12.1. The Kier molecular flexibility index (Phi) is 5.87. The van der Waals surface area contributed by atoms with E-state index in [1.165, 1.54) is 0 Å². The van der Waals surface area contributed by atoms with Crippen LogP contribution in [0.2, 0.25) is 0 Å². The maximum Gasteiger partial charge on any atom is 0.246 e. The molecule has 0 bridgehead atoms. The van der Waals surface area contributed by atoms with E-state index in [0.29, 0.717) is 32.8 Å². The van der Waals surface area contributed by atoms with Crippen LogP contribution in [0.4, 0.5) is 0 Å². The summed E-state index contributed by atoms with van der Waals surface area (Å²) in [4.78, 5) is 29.0. The number of carbonyl (C=O) groups is 2. The van der Waals surface area contributed by atoms with Crippen molar-refractivity contribution in [2.24, 2.45) is 5.92 Å². The van der Waals surface area contributed by atoms with Crippen molar-refractivity contribution in [2.45, 2.75) is 19.8 Å². The first-order valence-corrected chi connectivity index (χ1v) is 9.04. The molecule has 2 saturated heterocycles. The van der Waals surface area contributed by atoms with Crippen LogP contribution in [-0.4, -0.2) is 61.0 Å². The third-order valence-electron chi connectivity index (χ3n) is 4.97. The van der Waals surface area contributed by atoms with Gasteiger partial charge in [0.2, 0.25) is 11.8 Å². The molecular formula is C20H26N2O3. The van der Waals surface area contributed by atoms with Gasteiger partial charge in [0.15, 0.2) is 0 Å². The van der Waals surface area contributed by atoms with Gasteiger partial charge in [-0.15, -0.1) is 0 Å². The van der Waals surface area contributed by atoms with Gasteiger partial charge < -0.3 is 14.5 Å². The molecule has 0 spiro atoms. The lowest BCUT2D eigenvalue weighted by atomic mass is 9.96. The fourth-order valence-electron chi connectivity index (χ4n) is 3.48. The first-order valence-electron chi connectivity index (χ1n) is 9.04. The SMILES string of the molecule is C/C(=C\C(=O)N1CCC[C@H](C(=O)N2CCOCC2)C1)c1ccccc1. The molecule has 3 rings (SSSR count). The van der Waals surface area contributed by atoms with E-state index in [-0.39, 0.29) is 17.7 Å². The van der Waals surface area contributed by atoms with E-state index < -0.39 is 0 Å². The van der Waals surface area contributed by atoms with Crippen molar-refractivity contribution >= 4 is 17.4 Å². The van der Waals surface area contributed by atoms with Crippen molar-refractivity contribution in [1.82, 2.24) is 9.80 Å². The highest BCUT2D eigenvalue weighted by Crippen LogP contribution is 2.21. The molecule has 0 N–H and O–H groups in total. The van der Waals surface area contributed by atoms with Crippen LogP contribution in [0.25, 0.3) is 5.57 Å². The number of hydrogen-bond acceptors (Lipinski definition) is 3. The van der Waals surface area contributed by atoms with Crippen LogP contribution in [0, 0.1) is 5.92 Å². The largest absolute Gasteiger partial charge is 0.378 e. The maximum atomic E-state index is 12.7. The normalized spacial score (nSPS) is 22.0. The molecule has 0 aliphatic carbocycles. The van der Waals surface area contributed by atoms with Gasteiger partial charge in [-0.05, 0) is 30.9 Å². The van der Waals surface area contributed by atoms with Gasteiger partial charge in [0.25, 0.3) is 0 Å². The Balaban J connectivity index is 1.62. The lowest BCUT2D eigenvalue weighted by Crippen LogP contribution is -2.49. The molecule has 2 aliphatic heterocycles. The summed E-state index contributed by atoms with van der Waals surface area (Å²) in [6.45, 7) is 5.75. The number of nitrogens with zero attached hydrogens (tertiary/aromatic N) is 2. The molecular weight excluding hydrogens is 316 g/mol. The molecule has 1 atom stereocenters. The summed E-state index contributed by atoms with van der Waals surface area (Å²) in [5.41, 5.74) is 2.00. The van der Waals surface area contributed by atoms with Crippen LogP contribution in [0.3, 0.4) is 0 Å². The molecule has 134 valence electrons. The molecule has 0 aromatic heterocycles. The molecule has 2 aliphatic rings.